The molecule has 0 radical (unpaired) electrons. The van der Waals surface area contributed by atoms with E-state index in [1.54, 1.807) is 12.1 Å². The Labute approximate surface area is 157 Å². The molecule has 8 heteroatoms. The molecule has 1 aromatic carbocycles. The van der Waals surface area contributed by atoms with Gasteiger partial charge in [0.2, 0.25) is 0 Å². The van der Waals surface area contributed by atoms with E-state index in [1.165, 1.54) is 0 Å². The highest BCUT2D eigenvalue weighted by atomic mass is 35.5. The summed E-state index contributed by atoms with van der Waals surface area (Å²) in [5.74, 6) is -0.318. The van der Waals surface area contributed by atoms with Crippen LogP contribution in [0.2, 0.25) is 0 Å². The number of aromatic nitrogens is 2. The number of hydrogen-bond acceptors (Lipinski definition) is 4. The minimum Gasteiger partial charge on any atom is -0.339 e. The molecule has 2 aliphatic rings. The standard InChI is InChI=1S/C18H21N5O2.ClH/c24-17(16-13-11-19-8-7-15(13)21-22-16)20-14-6-2-1-5-12(14)18(25)23-9-3-4-10-23;/h1-2,5-6,19H,3-4,7-11H2,(H,20,24)(H,21,22);1H. The SMILES string of the molecule is Cl.O=C(Nc1ccccc1C(=O)N1CCCC1)c1n[nH]c2c1CNCC2. The molecule has 138 valence electrons. The predicted molar refractivity (Wildman–Crippen MR) is 101 cm³/mol. The Bertz CT molecular complexity index is 814. The second-order valence-electron chi connectivity index (χ2n) is 6.46. The van der Waals surface area contributed by atoms with Crippen molar-refractivity contribution in [2.75, 3.05) is 25.0 Å². The fourth-order valence-electron chi connectivity index (χ4n) is 3.46. The van der Waals surface area contributed by atoms with Crippen molar-refractivity contribution in [3.8, 4) is 0 Å². The number of benzene rings is 1. The van der Waals surface area contributed by atoms with Crippen molar-refractivity contribution in [1.29, 1.82) is 0 Å². The first-order valence-electron chi connectivity index (χ1n) is 8.70. The Balaban J connectivity index is 0.00000196. The molecule has 1 fully saturated rings. The number of rotatable bonds is 3. The quantitative estimate of drug-likeness (QED) is 0.765. The number of anilines is 1. The largest absolute Gasteiger partial charge is 0.339 e. The lowest BCUT2D eigenvalue weighted by atomic mass is 10.1. The molecule has 0 atom stereocenters. The first-order valence-corrected chi connectivity index (χ1v) is 8.70. The Hall–Kier alpha value is -2.38. The number of carbonyl (C=O) groups excluding carboxylic acids is 2. The molecule has 0 aliphatic carbocycles. The van der Waals surface area contributed by atoms with E-state index in [9.17, 15) is 9.59 Å². The van der Waals surface area contributed by atoms with Gasteiger partial charge in [-0.2, -0.15) is 5.10 Å². The van der Waals surface area contributed by atoms with Crippen LogP contribution in [0.5, 0.6) is 0 Å². The molecule has 0 spiro atoms. The third-order valence-electron chi connectivity index (χ3n) is 4.82. The molecule has 0 bridgehead atoms. The molecular formula is C18H22ClN5O2. The second-order valence-corrected chi connectivity index (χ2v) is 6.46. The van der Waals surface area contributed by atoms with E-state index in [0.29, 0.717) is 23.5 Å². The third-order valence-corrected chi connectivity index (χ3v) is 4.82. The maximum absolute atomic E-state index is 12.7. The Morgan fingerprint density at radius 1 is 1.15 bits per heavy atom. The number of aromatic amines is 1. The maximum atomic E-state index is 12.7. The summed E-state index contributed by atoms with van der Waals surface area (Å²) in [5.41, 5.74) is 3.37. The number of amides is 2. The average Bonchev–Trinajstić information content (AvgIpc) is 3.31. The molecule has 3 heterocycles. The fourth-order valence-corrected chi connectivity index (χ4v) is 3.46. The third kappa shape index (κ3) is 3.45. The van der Waals surface area contributed by atoms with Crippen LogP contribution in [-0.4, -0.2) is 46.5 Å². The highest BCUT2D eigenvalue weighted by molar-refractivity contribution is 6.08. The van der Waals surface area contributed by atoms with Crippen LogP contribution < -0.4 is 10.6 Å². The molecule has 2 aromatic rings. The summed E-state index contributed by atoms with van der Waals surface area (Å²) in [5, 5.41) is 13.2. The summed E-state index contributed by atoms with van der Waals surface area (Å²) < 4.78 is 0. The Morgan fingerprint density at radius 2 is 1.92 bits per heavy atom. The monoisotopic (exact) mass is 375 g/mol. The van der Waals surface area contributed by atoms with E-state index in [-0.39, 0.29) is 24.2 Å². The van der Waals surface area contributed by atoms with Gasteiger partial charge in [0.15, 0.2) is 5.69 Å². The molecular weight excluding hydrogens is 354 g/mol. The predicted octanol–water partition coefficient (Wildman–Crippen LogP) is 1.97. The summed E-state index contributed by atoms with van der Waals surface area (Å²) in [6.45, 7) is 3.06. The molecule has 7 nitrogen and oxygen atoms in total. The Kier molecular flexibility index (Phi) is 5.58. The normalized spacial score (nSPS) is 15.9. The van der Waals surface area contributed by atoms with Crippen molar-refractivity contribution in [1.82, 2.24) is 20.4 Å². The molecule has 2 aliphatic heterocycles. The van der Waals surface area contributed by atoms with Gasteiger partial charge in [-0.05, 0) is 25.0 Å². The second kappa shape index (κ2) is 7.88. The number of likely N-dealkylation sites (tertiary alicyclic amines) is 1. The zero-order valence-electron chi connectivity index (χ0n) is 14.4. The first kappa shape index (κ1) is 18.4. The molecule has 1 aromatic heterocycles. The van der Waals surface area contributed by atoms with E-state index in [4.69, 9.17) is 0 Å². The topological polar surface area (TPSA) is 90.1 Å². The van der Waals surface area contributed by atoms with Gasteiger partial charge in [0.05, 0.1) is 11.3 Å². The summed E-state index contributed by atoms with van der Waals surface area (Å²) in [6.07, 6.45) is 2.90. The van der Waals surface area contributed by atoms with Gasteiger partial charge < -0.3 is 15.5 Å². The highest BCUT2D eigenvalue weighted by Gasteiger charge is 2.25. The van der Waals surface area contributed by atoms with Gasteiger partial charge in [-0.25, -0.2) is 0 Å². The summed E-state index contributed by atoms with van der Waals surface area (Å²) >= 11 is 0. The molecule has 2 amide bonds. The number of H-pyrrole nitrogens is 1. The van der Waals surface area contributed by atoms with Crippen LogP contribution in [0.15, 0.2) is 24.3 Å². The number of halogens is 1. The molecule has 1 saturated heterocycles. The van der Waals surface area contributed by atoms with Crippen molar-refractivity contribution in [3.63, 3.8) is 0 Å². The van der Waals surface area contributed by atoms with Crippen LogP contribution in [-0.2, 0) is 13.0 Å². The van der Waals surface area contributed by atoms with Crippen molar-refractivity contribution in [3.05, 3.63) is 46.8 Å². The average molecular weight is 376 g/mol. The van der Waals surface area contributed by atoms with E-state index in [1.807, 2.05) is 17.0 Å². The van der Waals surface area contributed by atoms with Gasteiger partial charge in [-0.1, -0.05) is 12.1 Å². The fraction of sp³-hybridized carbons (Fsp3) is 0.389. The van der Waals surface area contributed by atoms with E-state index >= 15 is 0 Å². The van der Waals surface area contributed by atoms with E-state index in [2.05, 4.69) is 20.8 Å². The van der Waals surface area contributed by atoms with Gasteiger partial charge in [-0.3, -0.25) is 14.7 Å². The zero-order valence-corrected chi connectivity index (χ0v) is 15.2. The molecule has 4 rings (SSSR count). The van der Waals surface area contributed by atoms with Gasteiger partial charge >= 0.3 is 0 Å². The molecule has 0 saturated carbocycles. The number of hydrogen-bond donors (Lipinski definition) is 3. The number of nitrogens with one attached hydrogen (secondary N) is 3. The summed E-state index contributed by atoms with van der Waals surface area (Å²) in [4.78, 5) is 27.2. The minimum atomic E-state index is -0.289. The van der Waals surface area contributed by atoms with E-state index in [0.717, 1.165) is 50.2 Å². The molecule has 26 heavy (non-hydrogen) atoms. The van der Waals surface area contributed by atoms with Gasteiger partial charge in [0.25, 0.3) is 11.8 Å². The van der Waals surface area contributed by atoms with Gasteiger partial charge in [0.1, 0.15) is 0 Å². The van der Waals surface area contributed by atoms with Crippen LogP contribution in [0.1, 0.15) is 44.9 Å². The lowest BCUT2D eigenvalue weighted by Crippen LogP contribution is -2.29. The van der Waals surface area contributed by atoms with Gasteiger partial charge in [-0.15, -0.1) is 12.4 Å². The first-order chi connectivity index (χ1) is 12.2. The van der Waals surface area contributed by atoms with Crippen LogP contribution in [0.25, 0.3) is 0 Å². The van der Waals surface area contributed by atoms with Crippen molar-refractivity contribution in [2.45, 2.75) is 25.8 Å². The lowest BCUT2D eigenvalue weighted by molar-refractivity contribution is 0.0794. The van der Waals surface area contributed by atoms with Crippen LogP contribution >= 0.6 is 12.4 Å². The number of nitrogens with zero attached hydrogens (tertiary/aromatic N) is 2. The van der Waals surface area contributed by atoms with Gasteiger partial charge in [0, 0.05) is 43.9 Å². The van der Waals surface area contributed by atoms with E-state index < -0.39 is 0 Å². The smallest absolute Gasteiger partial charge is 0.276 e. The van der Waals surface area contributed by atoms with Crippen molar-refractivity contribution < 1.29 is 9.59 Å². The number of para-hydroxylation sites is 1. The minimum absolute atomic E-state index is 0. The van der Waals surface area contributed by atoms with Crippen molar-refractivity contribution in [2.24, 2.45) is 0 Å². The Morgan fingerprint density at radius 3 is 2.73 bits per heavy atom. The van der Waals surface area contributed by atoms with Crippen LogP contribution in [0.4, 0.5) is 5.69 Å². The summed E-state index contributed by atoms with van der Waals surface area (Å²) in [7, 11) is 0. The highest BCUT2D eigenvalue weighted by Crippen LogP contribution is 2.22. The van der Waals surface area contributed by atoms with Crippen molar-refractivity contribution >= 4 is 29.9 Å². The lowest BCUT2D eigenvalue weighted by Gasteiger charge is -2.18. The molecule has 0 unspecified atom stereocenters. The molecule has 3 N–H and O–H groups in total. The number of fused-ring (bicyclic) bond motifs is 1. The number of carbonyl (C=O) groups is 2. The zero-order chi connectivity index (χ0) is 17.2. The maximum Gasteiger partial charge on any atom is 0.276 e. The van der Waals surface area contributed by atoms with Crippen LogP contribution in [0.3, 0.4) is 0 Å². The summed E-state index contributed by atoms with van der Waals surface area (Å²) in [6, 6.07) is 7.16. The van der Waals surface area contributed by atoms with Crippen LogP contribution in [0, 0.1) is 0 Å².